The van der Waals surface area contributed by atoms with Crippen molar-refractivity contribution in [2.24, 2.45) is 0 Å². The van der Waals surface area contributed by atoms with E-state index >= 15 is 0 Å². The zero-order valence-electron chi connectivity index (χ0n) is 8.47. The summed E-state index contributed by atoms with van der Waals surface area (Å²) in [6.07, 6.45) is 1.66. The number of hydrogen-bond acceptors (Lipinski definition) is 2. The summed E-state index contributed by atoms with van der Waals surface area (Å²) in [5.41, 5.74) is 1.97. The van der Waals surface area contributed by atoms with E-state index in [1.165, 1.54) is 0 Å². The predicted octanol–water partition coefficient (Wildman–Crippen LogP) is 3.78. The molecule has 0 saturated heterocycles. The molecule has 1 aromatic carbocycles. The van der Waals surface area contributed by atoms with Gasteiger partial charge in [0.05, 0.1) is 16.6 Å². The van der Waals surface area contributed by atoms with Gasteiger partial charge in [-0.25, -0.2) is 0 Å². The zero-order chi connectivity index (χ0) is 10.3. The maximum absolute atomic E-state index is 6.02. The van der Waals surface area contributed by atoms with Crippen molar-refractivity contribution in [1.82, 2.24) is 5.16 Å². The molecule has 2 aromatic rings. The Hall–Kier alpha value is -1.02. The summed E-state index contributed by atoms with van der Waals surface area (Å²) in [5.74, 6) is 0. The number of aromatic nitrogens is 1. The lowest BCUT2D eigenvalue weighted by molar-refractivity contribution is 0.446. The van der Waals surface area contributed by atoms with Crippen LogP contribution in [0.1, 0.15) is 26.3 Å². The lowest BCUT2D eigenvalue weighted by Crippen LogP contribution is -2.11. The van der Waals surface area contributed by atoms with Crippen LogP contribution >= 0.6 is 11.6 Å². The van der Waals surface area contributed by atoms with Gasteiger partial charge in [-0.2, -0.15) is 0 Å². The van der Waals surface area contributed by atoms with E-state index in [2.05, 4.69) is 25.9 Å². The van der Waals surface area contributed by atoms with Gasteiger partial charge in [0.15, 0.2) is 5.58 Å². The van der Waals surface area contributed by atoms with Crippen LogP contribution in [0.5, 0.6) is 0 Å². The van der Waals surface area contributed by atoms with E-state index in [1.807, 2.05) is 12.1 Å². The number of benzene rings is 1. The van der Waals surface area contributed by atoms with Gasteiger partial charge in [-0.1, -0.05) is 43.6 Å². The van der Waals surface area contributed by atoms with Crippen LogP contribution in [0.15, 0.2) is 22.9 Å². The Kier molecular flexibility index (Phi) is 2.04. The highest BCUT2D eigenvalue weighted by Crippen LogP contribution is 2.33. The van der Waals surface area contributed by atoms with Crippen molar-refractivity contribution in [1.29, 1.82) is 0 Å². The summed E-state index contributed by atoms with van der Waals surface area (Å²) in [6, 6.07) is 3.89. The zero-order valence-corrected chi connectivity index (χ0v) is 9.22. The molecule has 0 unspecified atom stereocenters. The normalized spacial score (nSPS) is 12.3. The van der Waals surface area contributed by atoms with Crippen LogP contribution in [-0.4, -0.2) is 5.16 Å². The molecular weight excluding hydrogens is 198 g/mol. The van der Waals surface area contributed by atoms with E-state index in [1.54, 1.807) is 6.20 Å². The maximum Gasteiger partial charge on any atom is 0.172 e. The van der Waals surface area contributed by atoms with Crippen LogP contribution in [0.25, 0.3) is 11.0 Å². The van der Waals surface area contributed by atoms with E-state index in [0.29, 0.717) is 5.02 Å². The average Bonchev–Trinajstić information content (AvgIpc) is 2.50. The SMILES string of the molecule is CC(C)(C)c1ccc(Cl)c2cnoc12. The molecule has 0 atom stereocenters. The number of nitrogens with zero attached hydrogens (tertiary/aromatic N) is 1. The van der Waals surface area contributed by atoms with Crippen molar-refractivity contribution in [3.05, 3.63) is 28.9 Å². The summed E-state index contributed by atoms with van der Waals surface area (Å²) in [7, 11) is 0. The summed E-state index contributed by atoms with van der Waals surface area (Å²) < 4.78 is 5.22. The molecule has 2 nitrogen and oxygen atoms in total. The Bertz CT molecular complexity index is 468. The first-order valence-electron chi connectivity index (χ1n) is 4.53. The number of rotatable bonds is 0. The Morgan fingerprint density at radius 2 is 2.00 bits per heavy atom. The summed E-state index contributed by atoms with van der Waals surface area (Å²) in [6.45, 7) is 6.41. The van der Waals surface area contributed by atoms with Gasteiger partial charge in [0.2, 0.25) is 0 Å². The Morgan fingerprint density at radius 3 is 2.64 bits per heavy atom. The third-order valence-electron chi connectivity index (χ3n) is 2.28. The van der Waals surface area contributed by atoms with Gasteiger partial charge in [0.1, 0.15) is 0 Å². The fourth-order valence-corrected chi connectivity index (χ4v) is 1.71. The van der Waals surface area contributed by atoms with Gasteiger partial charge in [-0.05, 0) is 11.5 Å². The molecule has 0 aliphatic carbocycles. The monoisotopic (exact) mass is 209 g/mol. The molecule has 2 rings (SSSR count). The number of hydrogen-bond donors (Lipinski definition) is 0. The Balaban J connectivity index is 2.80. The predicted molar refractivity (Wildman–Crippen MR) is 57.7 cm³/mol. The van der Waals surface area contributed by atoms with Crippen molar-refractivity contribution < 1.29 is 4.52 Å². The van der Waals surface area contributed by atoms with Crippen LogP contribution < -0.4 is 0 Å². The smallest absolute Gasteiger partial charge is 0.172 e. The molecule has 0 radical (unpaired) electrons. The van der Waals surface area contributed by atoms with E-state index in [9.17, 15) is 0 Å². The van der Waals surface area contributed by atoms with Crippen molar-refractivity contribution in [2.75, 3.05) is 0 Å². The van der Waals surface area contributed by atoms with Gasteiger partial charge in [-0.3, -0.25) is 0 Å². The molecular formula is C11H12ClNO. The molecule has 0 amide bonds. The van der Waals surface area contributed by atoms with Crippen LogP contribution in [0.4, 0.5) is 0 Å². The summed E-state index contributed by atoms with van der Waals surface area (Å²) in [4.78, 5) is 0. The minimum atomic E-state index is 0.0440. The van der Waals surface area contributed by atoms with Gasteiger partial charge >= 0.3 is 0 Å². The molecule has 0 saturated carbocycles. The lowest BCUT2D eigenvalue weighted by atomic mass is 9.86. The van der Waals surface area contributed by atoms with E-state index in [-0.39, 0.29) is 5.41 Å². The van der Waals surface area contributed by atoms with Crippen molar-refractivity contribution in [2.45, 2.75) is 26.2 Å². The second-order valence-corrected chi connectivity index (χ2v) is 4.82. The standard InChI is InChI=1S/C11H12ClNO/c1-11(2,3)8-4-5-9(12)7-6-13-14-10(7)8/h4-6H,1-3H3. The van der Waals surface area contributed by atoms with Crippen molar-refractivity contribution >= 4 is 22.6 Å². The second-order valence-electron chi connectivity index (χ2n) is 4.41. The second kappa shape index (κ2) is 2.99. The molecule has 0 spiro atoms. The third kappa shape index (κ3) is 1.40. The topological polar surface area (TPSA) is 26.0 Å². The fraction of sp³-hybridized carbons (Fsp3) is 0.364. The molecule has 74 valence electrons. The average molecular weight is 210 g/mol. The third-order valence-corrected chi connectivity index (χ3v) is 2.61. The van der Waals surface area contributed by atoms with Gasteiger partial charge in [-0.15, -0.1) is 0 Å². The highest BCUT2D eigenvalue weighted by molar-refractivity contribution is 6.35. The molecule has 1 heterocycles. The summed E-state index contributed by atoms with van der Waals surface area (Å²) in [5, 5.41) is 5.35. The first kappa shape index (κ1) is 9.53. The van der Waals surface area contributed by atoms with Crippen molar-refractivity contribution in [3.8, 4) is 0 Å². The molecule has 0 bridgehead atoms. The molecule has 0 aliphatic rings. The first-order chi connectivity index (χ1) is 6.50. The van der Waals surface area contributed by atoms with E-state index in [4.69, 9.17) is 16.1 Å². The molecule has 1 aromatic heterocycles. The number of fused-ring (bicyclic) bond motifs is 1. The minimum Gasteiger partial charge on any atom is -0.356 e. The minimum absolute atomic E-state index is 0.0440. The largest absolute Gasteiger partial charge is 0.356 e. The highest BCUT2D eigenvalue weighted by Gasteiger charge is 2.20. The molecule has 14 heavy (non-hydrogen) atoms. The van der Waals surface area contributed by atoms with Crippen LogP contribution in [0, 0.1) is 0 Å². The van der Waals surface area contributed by atoms with Crippen molar-refractivity contribution in [3.63, 3.8) is 0 Å². The molecule has 0 aliphatic heterocycles. The van der Waals surface area contributed by atoms with E-state index in [0.717, 1.165) is 16.5 Å². The van der Waals surface area contributed by atoms with Gasteiger partial charge in [0.25, 0.3) is 0 Å². The molecule has 0 N–H and O–H groups in total. The first-order valence-corrected chi connectivity index (χ1v) is 4.91. The van der Waals surface area contributed by atoms with Gasteiger partial charge < -0.3 is 4.52 Å². The van der Waals surface area contributed by atoms with Crippen LogP contribution in [0.2, 0.25) is 5.02 Å². The maximum atomic E-state index is 6.02. The fourth-order valence-electron chi connectivity index (χ4n) is 1.52. The highest BCUT2D eigenvalue weighted by atomic mass is 35.5. The lowest BCUT2D eigenvalue weighted by Gasteiger charge is -2.18. The Labute approximate surface area is 87.8 Å². The molecule has 3 heteroatoms. The Morgan fingerprint density at radius 1 is 1.29 bits per heavy atom. The van der Waals surface area contributed by atoms with Crippen LogP contribution in [-0.2, 0) is 5.41 Å². The number of halogens is 1. The van der Waals surface area contributed by atoms with E-state index < -0.39 is 0 Å². The summed E-state index contributed by atoms with van der Waals surface area (Å²) >= 11 is 6.02. The van der Waals surface area contributed by atoms with Gasteiger partial charge in [0, 0.05) is 5.56 Å². The quantitative estimate of drug-likeness (QED) is 0.660. The molecule has 0 fully saturated rings. The van der Waals surface area contributed by atoms with Crippen LogP contribution in [0.3, 0.4) is 0 Å².